The van der Waals surface area contributed by atoms with Crippen molar-refractivity contribution < 1.29 is 14.3 Å². The highest BCUT2D eigenvalue weighted by Crippen LogP contribution is 2.34. The fourth-order valence-electron chi connectivity index (χ4n) is 3.42. The third kappa shape index (κ3) is 3.03. The number of aryl methyl sites for hydroxylation is 3. The smallest absolute Gasteiger partial charge is 0.336 e. The highest BCUT2D eigenvalue weighted by Gasteiger charge is 2.34. The van der Waals surface area contributed by atoms with E-state index in [4.69, 9.17) is 4.42 Å². The molecule has 1 aliphatic rings. The standard InChI is InChI=1S/C18H21NO4S/c1-10-5-7-24-17(10)13-4-6-19(9-14(13)20)18(22)16-11(2)8-15(21)23-12(16)3/h5,7-8,13-14,20H,4,6,9H2,1-3H3/t13-,14-/m0/s1. The van der Waals surface area contributed by atoms with Crippen LogP contribution in [-0.4, -0.2) is 35.1 Å². The Morgan fingerprint density at radius 3 is 2.67 bits per heavy atom. The maximum Gasteiger partial charge on any atom is 0.336 e. The number of aliphatic hydroxyl groups excluding tert-OH is 1. The Labute approximate surface area is 144 Å². The summed E-state index contributed by atoms with van der Waals surface area (Å²) in [6, 6.07) is 3.39. The van der Waals surface area contributed by atoms with Gasteiger partial charge in [0.2, 0.25) is 0 Å². The molecule has 0 spiro atoms. The summed E-state index contributed by atoms with van der Waals surface area (Å²) in [5.74, 6) is 0.217. The van der Waals surface area contributed by atoms with E-state index in [-0.39, 0.29) is 11.8 Å². The molecule has 0 bridgehead atoms. The van der Waals surface area contributed by atoms with Gasteiger partial charge in [-0.25, -0.2) is 4.79 Å². The number of rotatable bonds is 2. The lowest BCUT2D eigenvalue weighted by Crippen LogP contribution is -2.46. The average molecular weight is 347 g/mol. The molecule has 2 atom stereocenters. The molecule has 1 saturated heterocycles. The molecule has 0 unspecified atom stereocenters. The van der Waals surface area contributed by atoms with Crippen molar-refractivity contribution >= 4 is 17.2 Å². The molecule has 1 amide bonds. The zero-order valence-electron chi connectivity index (χ0n) is 14.0. The van der Waals surface area contributed by atoms with Gasteiger partial charge in [-0.15, -0.1) is 11.3 Å². The lowest BCUT2D eigenvalue weighted by molar-refractivity contribution is 0.0383. The number of nitrogens with zero attached hydrogens (tertiary/aromatic N) is 1. The van der Waals surface area contributed by atoms with Crippen molar-refractivity contribution in [3.63, 3.8) is 0 Å². The van der Waals surface area contributed by atoms with Crippen molar-refractivity contribution in [1.29, 1.82) is 0 Å². The van der Waals surface area contributed by atoms with E-state index in [9.17, 15) is 14.7 Å². The topological polar surface area (TPSA) is 70.8 Å². The van der Waals surface area contributed by atoms with Crippen molar-refractivity contribution in [2.75, 3.05) is 13.1 Å². The van der Waals surface area contributed by atoms with Crippen LogP contribution in [0.1, 0.15) is 44.5 Å². The molecular weight excluding hydrogens is 326 g/mol. The molecule has 24 heavy (non-hydrogen) atoms. The minimum absolute atomic E-state index is 0.0740. The molecule has 2 aromatic rings. The first-order chi connectivity index (χ1) is 11.4. The van der Waals surface area contributed by atoms with Gasteiger partial charge in [0, 0.05) is 30.0 Å². The summed E-state index contributed by atoms with van der Waals surface area (Å²) in [7, 11) is 0. The minimum Gasteiger partial charge on any atom is -0.427 e. The van der Waals surface area contributed by atoms with Gasteiger partial charge >= 0.3 is 5.63 Å². The van der Waals surface area contributed by atoms with Crippen LogP contribution < -0.4 is 5.63 Å². The molecular formula is C18H21NO4S. The van der Waals surface area contributed by atoms with Gasteiger partial charge in [-0.1, -0.05) is 0 Å². The van der Waals surface area contributed by atoms with Gasteiger partial charge < -0.3 is 14.4 Å². The molecule has 0 saturated carbocycles. The van der Waals surface area contributed by atoms with Crippen LogP contribution in [-0.2, 0) is 0 Å². The molecule has 3 rings (SSSR count). The summed E-state index contributed by atoms with van der Waals surface area (Å²) < 4.78 is 5.06. The predicted octanol–water partition coefficient (Wildman–Crippen LogP) is 2.62. The van der Waals surface area contributed by atoms with Gasteiger partial charge in [-0.05, 0) is 49.8 Å². The summed E-state index contributed by atoms with van der Waals surface area (Å²) >= 11 is 1.66. The quantitative estimate of drug-likeness (QED) is 0.906. The Morgan fingerprint density at radius 1 is 1.33 bits per heavy atom. The lowest BCUT2D eigenvalue weighted by atomic mass is 9.90. The molecule has 1 aliphatic heterocycles. The first kappa shape index (κ1) is 16.9. The number of β-amino-alcohol motifs (C(OH)–C–C–N with tert-alkyl or cyclic N) is 1. The third-order valence-corrected chi connectivity index (χ3v) is 5.81. The first-order valence-electron chi connectivity index (χ1n) is 8.01. The highest BCUT2D eigenvalue weighted by molar-refractivity contribution is 7.10. The predicted molar refractivity (Wildman–Crippen MR) is 92.8 cm³/mol. The molecule has 1 fully saturated rings. The van der Waals surface area contributed by atoms with E-state index in [0.717, 1.165) is 6.42 Å². The number of likely N-dealkylation sites (tertiary alicyclic amines) is 1. The Hall–Kier alpha value is -1.92. The van der Waals surface area contributed by atoms with E-state index >= 15 is 0 Å². The molecule has 6 heteroatoms. The van der Waals surface area contributed by atoms with Crippen LogP contribution in [0.4, 0.5) is 0 Å². The van der Waals surface area contributed by atoms with Crippen LogP contribution in [0.25, 0.3) is 0 Å². The Kier molecular flexibility index (Phi) is 4.60. The van der Waals surface area contributed by atoms with Crippen LogP contribution in [0.5, 0.6) is 0 Å². The second kappa shape index (κ2) is 6.53. The molecule has 5 nitrogen and oxygen atoms in total. The van der Waals surface area contributed by atoms with Crippen molar-refractivity contribution in [1.82, 2.24) is 4.90 Å². The molecule has 3 heterocycles. The number of carbonyl (C=O) groups is 1. The van der Waals surface area contributed by atoms with Gasteiger partial charge in [-0.3, -0.25) is 4.79 Å². The summed E-state index contributed by atoms with van der Waals surface area (Å²) in [6.07, 6.45) is 0.139. The van der Waals surface area contributed by atoms with Crippen LogP contribution in [0.15, 0.2) is 26.7 Å². The first-order valence-corrected chi connectivity index (χ1v) is 8.89. The van der Waals surface area contributed by atoms with Crippen LogP contribution >= 0.6 is 11.3 Å². The van der Waals surface area contributed by atoms with Crippen LogP contribution in [0, 0.1) is 20.8 Å². The molecule has 128 valence electrons. The maximum absolute atomic E-state index is 12.8. The Bertz CT molecular complexity index is 796. The third-order valence-electron chi connectivity index (χ3n) is 4.66. The summed E-state index contributed by atoms with van der Waals surface area (Å²) in [6.45, 7) is 6.28. The minimum atomic E-state index is -0.587. The number of carbonyl (C=O) groups excluding carboxylic acids is 1. The summed E-state index contributed by atoms with van der Waals surface area (Å²) in [4.78, 5) is 27.1. The Balaban J connectivity index is 1.80. The van der Waals surface area contributed by atoms with E-state index in [1.807, 2.05) is 5.38 Å². The van der Waals surface area contributed by atoms with Crippen molar-refractivity contribution in [2.24, 2.45) is 0 Å². The number of hydrogen-bond donors (Lipinski definition) is 1. The largest absolute Gasteiger partial charge is 0.427 e. The van der Waals surface area contributed by atoms with Gasteiger partial charge in [0.1, 0.15) is 5.76 Å². The number of hydrogen-bond acceptors (Lipinski definition) is 5. The number of thiophene rings is 1. The van der Waals surface area contributed by atoms with E-state index in [0.29, 0.717) is 30.0 Å². The van der Waals surface area contributed by atoms with Gasteiger partial charge in [0.25, 0.3) is 5.91 Å². The van der Waals surface area contributed by atoms with E-state index in [1.165, 1.54) is 16.5 Å². The molecule has 0 aliphatic carbocycles. The van der Waals surface area contributed by atoms with Crippen LogP contribution in [0.2, 0.25) is 0 Å². The number of aliphatic hydroxyl groups is 1. The lowest BCUT2D eigenvalue weighted by Gasteiger charge is -2.36. The number of amides is 1. The van der Waals surface area contributed by atoms with Crippen molar-refractivity contribution in [3.8, 4) is 0 Å². The molecule has 0 radical (unpaired) electrons. The second-order valence-corrected chi connectivity index (χ2v) is 7.31. The van der Waals surface area contributed by atoms with Crippen molar-refractivity contribution in [3.05, 3.63) is 55.3 Å². The summed E-state index contributed by atoms with van der Waals surface area (Å²) in [5, 5.41) is 12.6. The fraction of sp³-hybridized carbons (Fsp3) is 0.444. The fourth-order valence-corrected chi connectivity index (χ4v) is 4.54. The van der Waals surface area contributed by atoms with E-state index in [1.54, 1.807) is 30.1 Å². The molecule has 1 N–H and O–H groups in total. The molecule has 2 aromatic heterocycles. The normalized spacial score (nSPS) is 21.1. The van der Waals surface area contributed by atoms with Crippen LogP contribution in [0.3, 0.4) is 0 Å². The maximum atomic E-state index is 12.8. The van der Waals surface area contributed by atoms with E-state index < -0.39 is 11.7 Å². The average Bonchev–Trinajstić information content (AvgIpc) is 2.92. The Morgan fingerprint density at radius 2 is 2.08 bits per heavy atom. The number of piperidine rings is 1. The second-order valence-electron chi connectivity index (χ2n) is 6.36. The highest BCUT2D eigenvalue weighted by atomic mass is 32.1. The van der Waals surface area contributed by atoms with Gasteiger partial charge in [-0.2, -0.15) is 0 Å². The SMILES string of the molecule is Cc1ccsc1[C@H]1CCN(C(=O)c2c(C)cc(=O)oc2C)C[C@@H]1O. The molecule has 0 aromatic carbocycles. The zero-order chi connectivity index (χ0) is 17.4. The van der Waals surface area contributed by atoms with E-state index in [2.05, 4.69) is 13.0 Å². The van der Waals surface area contributed by atoms with Gasteiger partial charge in [0.15, 0.2) is 0 Å². The summed E-state index contributed by atoms with van der Waals surface area (Å²) in [5.41, 5.74) is 1.78. The monoisotopic (exact) mass is 347 g/mol. The zero-order valence-corrected chi connectivity index (χ0v) is 14.9. The van der Waals surface area contributed by atoms with Gasteiger partial charge in [0.05, 0.1) is 11.7 Å². The van der Waals surface area contributed by atoms with Crippen molar-refractivity contribution in [2.45, 2.75) is 39.2 Å².